The largest absolute Gasteiger partial charge is 0.355 e. The second kappa shape index (κ2) is 6.75. The molecule has 23 heavy (non-hydrogen) atoms. The molecule has 1 atom stereocenters. The number of carbonyl (C=O) groups excluding carboxylic acids is 1. The molecule has 0 aromatic heterocycles. The number of nitrogens with one attached hydrogen (secondary N) is 1. The van der Waals surface area contributed by atoms with Crippen molar-refractivity contribution in [1.82, 2.24) is 10.2 Å². The van der Waals surface area contributed by atoms with Crippen LogP contribution in [0.25, 0.3) is 0 Å². The highest BCUT2D eigenvalue weighted by atomic mass is 32.1. The predicted molar refractivity (Wildman–Crippen MR) is 92.3 cm³/mol. The van der Waals surface area contributed by atoms with Gasteiger partial charge in [0.2, 0.25) is 0 Å². The molecule has 1 saturated heterocycles. The summed E-state index contributed by atoms with van der Waals surface area (Å²) in [6.07, 6.45) is -0.578. The van der Waals surface area contributed by atoms with E-state index in [1.165, 1.54) is 0 Å². The molecule has 0 saturated carbocycles. The summed E-state index contributed by atoms with van der Waals surface area (Å²) < 4.78 is 5.50. The standard InChI is InChI=1S/C18H16N2O2S/c1-22-17-15(12-21)19-18(23)20(17)16(13-8-4-2-5-9-13)14-10-6-3-7-11-14/h2-11,16-17H,1H3,(H,19,23). The number of nitrogens with zero attached hydrogens (tertiary/aromatic N) is 1. The van der Waals surface area contributed by atoms with Crippen LogP contribution in [0.15, 0.2) is 66.4 Å². The molecule has 2 aromatic rings. The zero-order valence-electron chi connectivity index (χ0n) is 12.6. The van der Waals surface area contributed by atoms with E-state index >= 15 is 0 Å². The van der Waals surface area contributed by atoms with E-state index in [1.807, 2.05) is 71.5 Å². The van der Waals surface area contributed by atoms with E-state index in [2.05, 4.69) is 5.32 Å². The van der Waals surface area contributed by atoms with Crippen LogP contribution in [0.4, 0.5) is 0 Å². The fraction of sp³-hybridized carbons (Fsp3) is 0.167. The lowest BCUT2D eigenvalue weighted by atomic mass is 9.97. The average molecular weight is 324 g/mol. The summed E-state index contributed by atoms with van der Waals surface area (Å²) in [5.74, 6) is 1.88. The molecule has 1 N–H and O–H groups in total. The molecule has 1 aliphatic heterocycles. The van der Waals surface area contributed by atoms with Gasteiger partial charge in [0.25, 0.3) is 0 Å². The summed E-state index contributed by atoms with van der Waals surface area (Å²) in [4.78, 5) is 13.1. The predicted octanol–water partition coefficient (Wildman–Crippen LogP) is 2.65. The van der Waals surface area contributed by atoms with Crippen LogP contribution in [0.2, 0.25) is 0 Å². The lowest BCUT2D eigenvalue weighted by molar-refractivity contribution is 0.0341. The van der Waals surface area contributed by atoms with Crippen molar-refractivity contribution in [1.29, 1.82) is 0 Å². The van der Waals surface area contributed by atoms with Gasteiger partial charge < -0.3 is 15.0 Å². The smallest absolute Gasteiger partial charge is 0.184 e. The Labute approximate surface area is 140 Å². The molecule has 116 valence electrons. The zero-order valence-corrected chi connectivity index (χ0v) is 13.4. The molecule has 0 bridgehead atoms. The van der Waals surface area contributed by atoms with Crippen molar-refractivity contribution in [2.24, 2.45) is 0 Å². The van der Waals surface area contributed by atoms with Crippen LogP contribution in [-0.2, 0) is 9.53 Å². The summed E-state index contributed by atoms with van der Waals surface area (Å²) in [6.45, 7) is 0. The molecule has 0 aliphatic carbocycles. The van der Waals surface area contributed by atoms with E-state index in [0.29, 0.717) is 10.8 Å². The van der Waals surface area contributed by atoms with Crippen LogP contribution in [-0.4, -0.2) is 29.3 Å². The van der Waals surface area contributed by atoms with E-state index in [0.717, 1.165) is 11.1 Å². The molecule has 2 aromatic carbocycles. The number of benzene rings is 2. The minimum atomic E-state index is -0.578. The summed E-state index contributed by atoms with van der Waals surface area (Å²) in [5.41, 5.74) is 2.43. The molecule has 3 rings (SSSR count). The van der Waals surface area contributed by atoms with Gasteiger partial charge in [-0.05, 0) is 23.3 Å². The Kier molecular flexibility index (Phi) is 4.53. The lowest BCUT2D eigenvalue weighted by Crippen LogP contribution is -2.39. The van der Waals surface area contributed by atoms with Gasteiger partial charge in [0.15, 0.2) is 23.0 Å². The van der Waals surface area contributed by atoms with Crippen LogP contribution < -0.4 is 5.32 Å². The Bertz CT molecular complexity index is 703. The summed E-state index contributed by atoms with van der Waals surface area (Å²) in [5, 5.41) is 3.35. The molecule has 1 fully saturated rings. The molecule has 0 amide bonds. The van der Waals surface area contributed by atoms with Gasteiger partial charge in [-0.1, -0.05) is 60.7 Å². The molecular formula is C18H16N2O2S. The number of methoxy groups -OCH3 is 1. The van der Waals surface area contributed by atoms with Gasteiger partial charge in [-0.25, -0.2) is 4.79 Å². The van der Waals surface area contributed by atoms with Crippen molar-refractivity contribution in [3.05, 3.63) is 77.5 Å². The second-order valence-electron chi connectivity index (χ2n) is 5.17. The maximum Gasteiger partial charge on any atom is 0.184 e. The highest BCUT2D eigenvalue weighted by Crippen LogP contribution is 2.34. The molecular weight excluding hydrogens is 308 g/mol. The fourth-order valence-electron chi connectivity index (χ4n) is 2.83. The second-order valence-corrected chi connectivity index (χ2v) is 5.55. The molecule has 5 heteroatoms. The summed E-state index contributed by atoms with van der Waals surface area (Å²) in [6, 6.07) is 19.9. The Balaban J connectivity index is 2.12. The first-order valence-corrected chi connectivity index (χ1v) is 7.64. The lowest BCUT2D eigenvalue weighted by Gasteiger charge is -2.33. The summed E-state index contributed by atoms with van der Waals surface area (Å²) >= 11 is 5.44. The van der Waals surface area contributed by atoms with Crippen LogP contribution in [0.5, 0.6) is 0 Å². The van der Waals surface area contributed by atoms with Crippen LogP contribution in [0, 0.1) is 0 Å². The number of rotatable bonds is 4. The molecule has 1 aliphatic rings. The van der Waals surface area contributed by atoms with Crippen molar-refractivity contribution >= 4 is 23.3 Å². The van der Waals surface area contributed by atoms with Gasteiger partial charge >= 0.3 is 0 Å². The van der Waals surface area contributed by atoms with Gasteiger partial charge in [-0.3, -0.25) is 0 Å². The average Bonchev–Trinajstić information content (AvgIpc) is 2.93. The highest BCUT2D eigenvalue weighted by Gasteiger charge is 2.39. The Morgan fingerprint density at radius 2 is 1.61 bits per heavy atom. The first kappa shape index (κ1) is 15.4. The number of ether oxygens (including phenoxy) is 1. The van der Waals surface area contributed by atoms with Crippen LogP contribution >= 0.6 is 12.2 Å². The molecule has 1 unspecified atom stereocenters. The van der Waals surface area contributed by atoms with Crippen molar-refractivity contribution in [2.45, 2.75) is 12.3 Å². The van der Waals surface area contributed by atoms with Crippen molar-refractivity contribution in [3.8, 4) is 0 Å². The van der Waals surface area contributed by atoms with E-state index in [1.54, 1.807) is 7.11 Å². The van der Waals surface area contributed by atoms with Crippen molar-refractivity contribution in [2.75, 3.05) is 7.11 Å². The third-order valence-corrected chi connectivity index (χ3v) is 4.13. The highest BCUT2D eigenvalue weighted by molar-refractivity contribution is 7.80. The monoisotopic (exact) mass is 324 g/mol. The minimum Gasteiger partial charge on any atom is -0.355 e. The minimum absolute atomic E-state index is 0.159. The van der Waals surface area contributed by atoms with Crippen LogP contribution in [0.1, 0.15) is 17.2 Å². The van der Waals surface area contributed by atoms with E-state index in [-0.39, 0.29) is 6.04 Å². The third-order valence-electron chi connectivity index (χ3n) is 3.82. The maximum atomic E-state index is 11.2. The Hall–Kier alpha value is -2.46. The maximum absolute atomic E-state index is 11.2. The van der Waals surface area contributed by atoms with Crippen LogP contribution in [0.3, 0.4) is 0 Å². The van der Waals surface area contributed by atoms with Gasteiger partial charge in [-0.15, -0.1) is 0 Å². The quantitative estimate of drug-likeness (QED) is 0.692. The zero-order chi connectivity index (χ0) is 16.2. The fourth-order valence-corrected chi connectivity index (χ4v) is 3.14. The van der Waals surface area contributed by atoms with Gasteiger partial charge in [0.05, 0.1) is 6.04 Å². The number of hydrogen-bond acceptors (Lipinski definition) is 3. The number of hydrogen-bond donors (Lipinski definition) is 1. The molecule has 1 heterocycles. The van der Waals surface area contributed by atoms with Gasteiger partial charge in [0, 0.05) is 7.11 Å². The topological polar surface area (TPSA) is 41.6 Å². The Morgan fingerprint density at radius 3 is 2.04 bits per heavy atom. The normalized spacial score (nSPS) is 17.3. The number of thiocarbonyl (C=S) groups is 1. The molecule has 0 spiro atoms. The first-order valence-electron chi connectivity index (χ1n) is 7.23. The molecule has 0 radical (unpaired) electrons. The van der Waals surface area contributed by atoms with Gasteiger partial charge in [0.1, 0.15) is 0 Å². The van der Waals surface area contributed by atoms with E-state index in [9.17, 15) is 4.79 Å². The molecule has 4 nitrogen and oxygen atoms in total. The Morgan fingerprint density at radius 1 is 1.09 bits per heavy atom. The third kappa shape index (κ3) is 2.90. The van der Waals surface area contributed by atoms with Gasteiger partial charge in [-0.2, -0.15) is 0 Å². The van der Waals surface area contributed by atoms with E-state index in [4.69, 9.17) is 17.0 Å². The van der Waals surface area contributed by atoms with Crippen molar-refractivity contribution < 1.29 is 9.53 Å². The van der Waals surface area contributed by atoms with E-state index < -0.39 is 6.23 Å². The summed E-state index contributed by atoms with van der Waals surface area (Å²) in [7, 11) is 1.55. The first-order chi connectivity index (χ1) is 11.3. The van der Waals surface area contributed by atoms with Crippen molar-refractivity contribution in [3.63, 3.8) is 0 Å². The SMILES string of the molecule is COC1C(=C=O)NC(=S)N1C(c1ccccc1)c1ccccc1.